The molecule has 2 atom stereocenters. The van der Waals surface area contributed by atoms with Crippen LogP contribution in [0.4, 0.5) is 4.79 Å². The maximum absolute atomic E-state index is 13.4. The summed E-state index contributed by atoms with van der Waals surface area (Å²) in [5.74, 6) is -0.223. The Morgan fingerprint density at radius 2 is 2.00 bits per heavy atom. The average Bonchev–Trinajstić information content (AvgIpc) is 3.06. The maximum atomic E-state index is 13.4. The third kappa shape index (κ3) is 4.84. The van der Waals surface area contributed by atoms with Crippen molar-refractivity contribution in [1.82, 2.24) is 15.2 Å². The van der Waals surface area contributed by atoms with E-state index in [-0.39, 0.29) is 19.1 Å². The van der Waals surface area contributed by atoms with E-state index >= 15 is 0 Å². The first-order valence-electron chi connectivity index (χ1n) is 10.9. The fourth-order valence-corrected chi connectivity index (χ4v) is 4.68. The van der Waals surface area contributed by atoms with Crippen molar-refractivity contribution < 1.29 is 24.2 Å². The van der Waals surface area contributed by atoms with E-state index in [0.29, 0.717) is 30.2 Å². The van der Waals surface area contributed by atoms with Crippen LogP contribution in [0.3, 0.4) is 0 Å². The van der Waals surface area contributed by atoms with Gasteiger partial charge in [0.25, 0.3) is 5.91 Å². The summed E-state index contributed by atoms with van der Waals surface area (Å²) in [5, 5.41) is 17.8. The van der Waals surface area contributed by atoms with Crippen LogP contribution in [-0.2, 0) is 16.0 Å². The van der Waals surface area contributed by atoms with Gasteiger partial charge in [-0.05, 0) is 30.2 Å². The Morgan fingerprint density at radius 1 is 1.24 bits per heavy atom. The van der Waals surface area contributed by atoms with E-state index in [9.17, 15) is 19.5 Å². The summed E-state index contributed by atoms with van der Waals surface area (Å²) >= 11 is 5.98. The van der Waals surface area contributed by atoms with Gasteiger partial charge in [0, 0.05) is 31.6 Å². The lowest BCUT2D eigenvalue weighted by Crippen LogP contribution is -2.59. The van der Waals surface area contributed by atoms with Crippen LogP contribution in [0.5, 0.6) is 5.75 Å². The highest BCUT2D eigenvalue weighted by molar-refractivity contribution is 6.30. The number of hydrogen-bond donors (Lipinski definition) is 2. The first-order valence-corrected chi connectivity index (χ1v) is 11.2. The number of halogens is 1. The van der Waals surface area contributed by atoms with Gasteiger partial charge >= 0.3 is 6.09 Å². The Labute approximate surface area is 201 Å². The molecule has 34 heavy (non-hydrogen) atoms. The van der Waals surface area contributed by atoms with Crippen LogP contribution in [-0.4, -0.2) is 71.4 Å². The lowest BCUT2D eigenvalue weighted by Gasteiger charge is -2.40. The lowest BCUT2D eigenvalue weighted by molar-refractivity contribution is -0.141. The first kappa shape index (κ1) is 23.6. The van der Waals surface area contributed by atoms with Crippen molar-refractivity contribution >= 4 is 35.2 Å². The molecule has 3 amide bonds. The Bertz CT molecular complexity index is 1130. The summed E-state index contributed by atoms with van der Waals surface area (Å²) in [5.41, 5.74) is 0.717. The number of carboxylic acid groups (broad SMARTS) is 1. The van der Waals surface area contributed by atoms with Gasteiger partial charge in [-0.15, -0.1) is 0 Å². The van der Waals surface area contributed by atoms with Crippen molar-refractivity contribution in [2.24, 2.45) is 10.5 Å². The number of nitrogens with one attached hydrogen (secondary N) is 1. The maximum Gasteiger partial charge on any atom is 0.405 e. The summed E-state index contributed by atoms with van der Waals surface area (Å²) in [6.07, 6.45) is -0.526. The van der Waals surface area contributed by atoms with Gasteiger partial charge in [0.05, 0.1) is 5.71 Å². The molecule has 178 valence electrons. The zero-order chi connectivity index (χ0) is 24.3. The van der Waals surface area contributed by atoms with Crippen molar-refractivity contribution in [2.75, 3.05) is 26.7 Å². The zero-order valence-corrected chi connectivity index (χ0v) is 19.4. The largest absolute Gasteiger partial charge is 0.491 e. The number of piperidine rings is 1. The molecule has 9 nitrogen and oxygen atoms in total. The smallest absolute Gasteiger partial charge is 0.405 e. The number of carbonyl (C=O) groups is 3. The van der Waals surface area contributed by atoms with E-state index in [1.807, 2.05) is 30.3 Å². The Balaban J connectivity index is 1.55. The Kier molecular flexibility index (Phi) is 6.74. The summed E-state index contributed by atoms with van der Waals surface area (Å²) in [4.78, 5) is 39.6. The summed E-state index contributed by atoms with van der Waals surface area (Å²) < 4.78 is 5.65. The fourth-order valence-electron chi connectivity index (χ4n) is 4.50. The fraction of sp³-hybridized carbons (Fsp3) is 0.333. The second kappa shape index (κ2) is 9.72. The van der Waals surface area contributed by atoms with Crippen LogP contribution >= 0.6 is 11.6 Å². The van der Waals surface area contributed by atoms with Crippen LogP contribution in [0.15, 0.2) is 59.7 Å². The molecule has 2 N–H and O–H groups in total. The number of fused-ring (bicyclic) bond motifs is 1. The predicted molar refractivity (Wildman–Crippen MR) is 126 cm³/mol. The van der Waals surface area contributed by atoms with Crippen molar-refractivity contribution in [2.45, 2.75) is 18.9 Å². The Morgan fingerprint density at radius 3 is 2.71 bits per heavy atom. The third-order valence-corrected chi connectivity index (χ3v) is 6.31. The van der Waals surface area contributed by atoms with Gasteiger partial charge in [-0.1, -0.05) is 48.0 Å². The second-order valence-corrected chi connectivity index (χ2v) is 8.84. The summed E-state index contributed by atoms with van der Waals surface area (Å²) in [6, 6.07) is 15.0. The molecule has 0 saturated carbocycles. The van der Waals surface area contributed by atoms with E-state index in [2.05, 4.69) is 10.4 Å². The molecule has 2 aliphatic rings. The molecule has 2 aliphatic heterocycles. The standard InChI is InChI=1S/C24H25ClN4O5/c1-28-22(31)24(13-16-6-3-2-4-7-16)15-29(11-10-20(24)27-28)21(30)19(26-23(32)33)14-34-18-9-5-8-17(25)12-18/h2-9,12,19,26H,10-11,13-15H2,1H3,(H,32,33). The minimum absolute atomic E-state index is 0.109. The number of amides is 3. The van der Waals surface area contributed by atoms with Gasteiger partial charge in [0.1, 0.15) is 23.8 Å². The Hall–Kier alpha value is -3.59. The van der Waals surface area contributed by atoms with Crippen LogP contribution in [0.1, 0.15) is 12.0 Å². The molecule has 2 aromatic rings. The number of likely N-dealkylation sites (tertiary alicyclic amines) is 1. The highest BCUT2D eigenvalue weighted by Crippen LogP contribution is 2.38. The average molecular weight is 485 g/mol. The number of ether oxygens (including phenoxy) is 1. The van der Waals surface area contributed by atoms with Gasteiger partial charge in [-0.3, -0.25) is 9.59 Å². The minimum Gasteiger partial charge on any atom is -0.491 e. The number of carbonyl (C=O) groups excluding carboxylic acids is 2. The number of rotatable bonds is 7. The zero-order valence-electron chi connectivity index (χ0n) is 18.6. The number of hydrazone groups is 1. The molecule has 10 heteroatoms. The normalized spacial score (nSPS) is 20.4. The minimum atomic E-state index is -1.34. The van der Waals surface area contributed by atoms with E-state index in [1.165, 1.54) is 9.91 Å². The van der Waals surface area contributed by atoms with Crippen molar-refractivity contribution in [3.63, 3.8) is 0 Å². The van der Waals surface area contributed by atoms with Crippen LogP contribution in [0.2, 0.25) is 5.02 Å². The summed E-state index contributed by atoms with van der Waals surface area (Å²) in [6.45, 7) is 0.213. The molecule has 2 unspecified atom stereocenters. The molecule has 4 rings (SSSR count). The molecule has 1 saturated heterocycles. The lowest BCUT2D eigenvalue weighted by atomic mass is 9.73. The number of hydrogen-bond acceptors (Lipinski definition) is 5. The molecule has 2 heterocycles. The topological polar surface area (TPSA) is 112 Å². The van der Waals surface area contributed by atoms with Gasteiger partial charge in [0.2, 0.25) is 5.91 Å². The van der Waals surface area contributed by atoms with E-state index < -0.39 is 23.5 Å². The molecular weight excluding hydrogens is 460 g/mol. The molecule has 2 aromatic carbocycles. The van der Waals surface area contributed by atoms with Crippen LogP contribution < -0.4 is 10.1 Å². The van der Waals surface area contributed by atoms with Crippen molar-refractivity contribution in [3.8, 4) is 5.75 Å². The van der Waals surface area contributed by atoms with E-state index in [0.717, 1.165) is 11.3 Å². The highest BCUT2D eigenvalue weighted by atomic mass is 35.5. The predicted octanol–water partition coefficient (Wildman–Crippen LogP) is 2.64. The highest BCUT2D eigenvalue weighted by Gasteiger charge is 2.53. The monoisotopic (exact) mass is 484 g/mol. The van der Waals surface area contributed by atoms with Crippen molar-refractivity contribution in [3.05, 3.63) is 65.2 Å². The first-order chi connectivity index (χ1) is 16.3. The van der Waals surface area contributed by atoms with Gasteiger partial charge in [-0.2, -0.15) is 5.10 Å². The molecule has 0 radical (unpaired) electrons. The summed E-state index contributed by atoms with van der Waals surface area (Å²) in [7, 11) is 1.61. The number of nitrogens with zero attached hydrogens (tertiary/aromatic N) is 3. The van der Waals surface area contributed by atoms with E-state index in [4.69, 9.17) is 16.3 Å². The third-order valence-electron chi connectivity index (χ3n) is 6.07. The van der Waals surface area contributed by atoms with Crippen LogP contribution in [0, 0.1) is 5.41 Å². The molecule has 0 aromatic heterocycles. The van der Waals surface area contributed by atoms with Gasteiger partial charge in [-0.25, -0.2) is 9.80 Å². The van der Waals surface area contributed by atoms with Crippen molar-refractivity contribution in [1.29, 1.82) is 0 Å². The molecule has 1 fully saturated rings. The van der Waals surface area contributed by atoms with Gasteiger partial charge in [0.15, 0.2) is 0 Å². The SMILES string of the molecule is CN1N=C2CCN(C(=O)C(COc3cccc(Cl)c3)NC(=O)O)CC2(Cc2ccccc2)C1=O. The van der Waals surface area contributed by atoms with Crippen LogP contribution in [0.25, 0.3) is 0 Å². The van der Waals surface area contributed by atoms with E-state index in [1.54, 1.807) is 31.3 Å². The number of benzene rings is 2. The molecular formula is C24H25ClN4O5. The molecule has 0 spiro atoms. The van der Waals surface area contributed by atoms with Gasteiger partial charge < -0.3 is 20.1 Å². The molecule has 0 aliphatic carbocycles. The second-order valence-electron chi connectivity index (χ2n) is 8.40. The quantitative estimate of drug-likeness (QED) is 0.627. The molecule has 0 bridgehead atoms.